The van der Waals surface area contributed by atoms with E-state index >= 15 is 0 Å². The van der Waals surface area contributed by atoms with Crippen molar-refractivity contribution in [3.8, 4) is 11.5 Å². The van der Waals surface area contributed by atoms with E-state index in [1.165, 1.54) is 36.1 Å². The van der Waals surface area contributed by atoms with E-state index in [9.17, 15) is 0 Å². The van der Waals surface area contributed by atoms with Gasteiger partial charge in [0.05, 0.1) is 0 Å². The van der Waals surface area contributed by atoms with Crippen molar-refractivity contribution in [3.63, 3.8) is 0 Å². The Morgan fingerprint density at radius 1 is 1.09 bits per heavy atom. The molecule has 4 rings (SSSR count). The summed E-state index contributed by atoms with van der Waals surface area (Å²) < 4.78 is 10.8. The molecule has 0 aromatic heterocycles. The third kappa shape index (κ3) is 2.41. The zero-order valence-corrected chi connectivity index (χ0v) is 12.9. The molecule has 3 heteroatoms. The van der Waals surface area contributed by atoms with E-state index in [1.807, 2.05) is 6.07 Å². The van der Waals surface area contributed by atoms with Gasteiger partial charge in [0.1, 0.15) is 0 Å². The molecule has 2 heterocycles. The predicted molar refractivity (Wildman–Crippen MR) is 87.8 cm³/mol. The molecule has 0 unspecified atom stereocenters. The van der Waals surface area contributed by atoms with Crippen LogP contribution in [0.5, 0.6) is 11.5 Å². The Balaban J connectivity index is 1.44. The van der Waals surface area contributed by atoms with Gasteiger partial charge in [-0.25, -0.2) is 0 Å². The largest absolute Gasteiger partial charge is 0.454 e. The molecule has 0 radical (unpaired) electrons. The fourth-order valence-electron chi connectivity index (χ4n) is 3.55. The van der Waals surface area contributed by atoms with E-state index in [1.54, 1.807) is 0 Å². The van der Waals surface area contributed by atoms with Gasteiger partial charge in [-0.1, -0.05) is 24.3 Å². The van der Waals surface area contributed by atoms with Crippen molar-refractivity contribution >= 4 is 5.69 Å². The Bertz CT molecular complexity index is 683. The number of benzene rings is 2. The molecular weight excluding hydrogens is 274 g/mol. The van der Waals surface area contributed by atoms with Gasteiger partial charge >= 0.3 is 0 Å². The summed E-state index contributed by atoms with van der Waals surface area (Å²) in [5.41, 5.74) is 4.20. The highest BCUT2D eigenvalue weighted by atomic mass is 16.7. The van der Waals surface area contributed by atoms with Gasteiger partial charge in [0, 0.05) is 18.8 Å². The molecule has 0 saturated heterocycles. The van der Waals surface area contributed by atoms with Crippen LogP contribution in [-0.4, -0.2) is 19.9 Å². The van der Waals surface area contributed by atoms with Crippen LogP contribution < -0.4 is 14.4 Å². The highest BCUT2D eigenvalue weighted by molar-refractivity contribution is 5.55. The van der Waals surface area contributed by atoms with Crippen LogP contribution in [0.4, 0.5) is 5.69 Å². The van der Waals surface area contributed by atoms with Gasteiger partial charge in [-0.15, -0.1) is 0 Å². The van der Waals surface area contributed by atoms with E-state index in [0.29, 0.717) is 12.8 Å². The highest BCUT2D eigenvalue weighted by Gasteiger charge is 2.23. The summed E-state index contributed by atoms with van der Waals surface area (Å²) in [4.78, 5) is 2.45. The quantitative estimate of drug-likeness (QED) is 0.859. The Hall–Kier alpha value is -2.16. The number of hydrogen-bond donors (Lipinski definition) is 0. The maximum atomic E-state index is 5.47. The summed E-state index contributed by atoms with van der Waals surface area (Å²) in [7, 11) is 2.22. The normalized spacial score (nSPS) is 19.1. The average molecular weight is 295 g/mol. The number of nitrogens with zero attached hydrogens (tertiary/aromatic N) is 1. The van der Waals surface area contributed by atoms with E-state index in [4.69, 9.17) is 9.47 Å². The van der Waals surface area contributed by atoms with Crippen molar-refractivity contribution < 1.29 is 9.47 Å². The zero-order valence-electron chi connectivity index (χ0n) is 12.9. The van der Waals surface area contributed by atoms with Gasteiger partial charge in [0.25, 0.3) is 0 Å². The second-order valence-corrected chi connectivity index (χ2v) is 6.16. The third-order valence-corrected chi connectivity index (χ3v) is 4.87. The van der Waals surface area contributed by atoms with Crippen LogP contribution in [0, 0.1) is 0 Å². The molecule has 0 bridgehead atoms. The molecule has 2 aliphatic heterocycles. The predicted octanol–water partition coefficient (Wildman–Crippen LogP) is 3.80. The van der Waals surface area contributed by atoms with Gasteiger partial charge in [0.15, 0.2) is 11.5 Å². The number of hydrogen-bond acceptors (Lipinski definition) is 3. The Labute approximate surface area is 131 Å². The highest BCUT2D eigenvalue weighted by Crippen LogP contribution is 2.34. The molecule has 0 aliphatic carbocycles. The Kier molecular flexibility index (Phi) is 3.41. The van der Waals surface area contributed by atoms with Gasteiger partial charge in [0.2, 0.25) is 6.79 Å². The second kappa shape index (κ2) is 5.56. The number of fused-ring (bicyclic) bond motifs is 2. The number of ether oxygens (including phenoxy) is 2. The minimum Gasteiger partial charge on any atom is -0.454 e. The van der Waals surface area contributed by atoms with Crippen LogP contribution in [0.2, 0.25) is 0 Å². The lowest BCUT2D eigenvalue weighted by molar-refractivity contribution is 0.174. The molecule has 22 heavy (non-hydrogen) atoms. The lowest BCUT2D eigenvalue weighted by Crippen LogP contribution is -2.36. The Morgan fingerprint density at radius 3 is 2.91 bits per heavy atom. The minimum absolute atomic E-state index is 0.348. The van der Waals surface area contributed by atoms with Gasteiger partial charge in [-0.3, -0.25) is 0 Å². The van der Waals surface area contributed by atoms with Crippen LogP contribution in [0.25, 0.3) is 0 Å². The first-order valence-electron chi connectivity index (χ1n) is 8.00. The molecule has 2 aromatic carbocycles. The van der Waals surface area contributed by atoms with E-state index in [2.05, 4.69) is 48.3 Å². The molecule has 0 amide bonds. The number of anilines is 1. The second-order valence-electron chi connectivity index (χ2n) is 6.16. The lowest BCUT2D eigenvalue weighted by Gasteiger charge is -2.36. The molecule has 0 saturated carbocycles. The standard InChI is InChI=1S/C19H21NO2/c1-20-16(10-8-15-4-2-3-5-17(15)20)9-6-14-7-11-18-19(12-14)22-13-21-18/h2-5,7,11-12,16H,6,8-10,13H2,1H3/t16-/m1/s1. The number of rotatable bonds is 3. The van der Waals surface area contributed by atoms with Crippen molar-refractivity contribution in [3.05, 3.63) is 53.6 Å². The summed E-state index contributed by atoms with van der Waals surface area (Å²) in [5.74, 6) is 1.76. The van der Waals surface area contributed by atoms with Crippen LogP contribution in [-0.2, 0) is 12.8 Å². The van der Waals surface area contributed by atoms with Crippen molar-refractivity contribution in [2.24, 2.45) is 0 Å². The maximum absolute atomic E-state index is 5.47. The minimum atomic E-state index is 0.348. The molecule has 0 fully saturated rings. The summed E-state index contributed by atoms with van der Waals surface area (Å²) in [6, 6.07) is 15.7. The molecule has 3 nitrogen and oxygen atoms in total. The summed E-state index contributed by atoms with van der Waals surface area (Å²) in [6.45, 7) is 0.348. The van der Waals surface area contributed by atoms with Crippen molar-refractivity contribution in [2.45, 2.75) is 31.7 Å². The third-order valence-electron chi connectivity index (χ3n) is 4.87. The molecular formula is C19H21NO2. The van der Waals surface area contributed by atoms with Crippen LogP contribution in [0.3, 0.4) is 0 Å². The topological polar surface area (TPSA) is 21.7 Å². The monoisotopic (exact) mass is 295 g/mol. The number of para-hydroxylation sites is 1. The number of aryl methyl sites for hydroxylation is 2. The summed E-state index contributed by atoms with van der Waals surface area (Å²) in [6.07, 6.45) is 4.67. The fraction of sp³-hybridized carbons (Fsp3) is 0.368. The van der Waals surface area contributed by atoms with Gasteiger partial charge in [-0.2, -0.15) is 0 Å². The molecule has 2 aromatic rings. The lowest BCUT2D eigenvalue weighted by atomic mass is 9.92. The van der Waals surface area contributed by atoms with Gasteiger partial charge in [-0.05, 0) is 55.0 Å². The molecule has 114 valence electrons. The van der Waals surface area contributed by atoms with E-state index in [-0.39, 0.29) is 0 Å². The molecule has 1 atom stereocenters. The van der Waals surface area contributed by atoms with Crippen LogP contribution >= 0.6 is 0 Å². The van der Waals surface area contributed by atoms with Crippen molar-refractivity contribution in [1.29, 1.82) is 0 Å². The Morgan fingerprint density at radius 2 is 1.95 bits per heavy atom. The van der Waals surface area contributed by atoms with Crippen LogP contribution in [0.15, 0.2) is 42.5 Å². The summed E-state index contributed by atoms with van der Waals surface area (Å²) >= 11 is 0. The molecule has 0 N–H and O–H groups in total. The molecule has 2 aliphatic rings. The van der Waals surface area contributed by atoms with E-state index < -0.39 is 0 Å². The van der Waals surface area contributed by atoms with Crippen molar-refractivity contribution in [1.82, 2.24) is 0 Å². The first-order valence-corrected chi connectivity index (χ1v) is 8.00. The van der Waals surface area contributed by atoms with Crippen molar-refractivity contribution in [2.75, 3.05) is 18.7 Å². The van der Waals surface area contributed by atoms with Gasteiger partial charge < -0.3 is 14.4 Å². The zero-order chi connectivity index (χ0) is 14.9. The SMILES string of the molecule is CN1c2ccccc2CC[C@H]1CCc1ccc2c(c1)OCO2. The van der Waals surface area contributed by atoms with Crippen LogP contribution in [0.1, 0.15) is 24.0 Å². The fourth-order valence-corrected chi connectivity index (χ4v) is 3.55. The molecule has 0 spiro atoms. The first kappa shape index (κ1) is 13.5. The maximum Gasteiger partial charge on any atom is 0.231 e. The summed E-state index contributed by atoms with van der Waals surface area (Å²) in [5, 5.41) is 0. The average Bonchev–Trinajstić information content (AvgIpc) is 3.02. The smallest absolute Gasteiger partial charge is 0.231 e. The van der Waals surface area contributed by atoms with E-state index in [0.717, 1.165) is 17.9 Å². The first-order chi connectivity index (χ1) is 10.8.